The molecule has 1 atom stereocenters. The van der Waals surface area contributed by atoms with E-state index < -0.39 is 12.0 Å². The third-order valence-electron chi connectivity index (χ3n) is 5.57. The smallest absolute Gasteiger partial charge is 0.338 e. The first kappa shape index (κ1) is 22.5. The number of anilines is 1. The van der Waals surface area contributed by atoms with Crippen LogP contribution in [-0.2, 0) is 9.53 Å². The van der Waals surface area contributed by atoms with E-state index in [1.54, 1.807) is 18.6 Å². The van der Waals surface area contributed by atoms with Crippen LogP contribution >= 0.6 is 11.3 Å². The summed E-state index contributed by atoms with van der Waals surface area (Å²) in [6.45, 7) is 1.77. The highest BCUT2D eigenvalue weighted by molar-refractivity contribution is 7.07. The number of esters is 1. The Balaban J connectivity index is 1.91. The molecule has 8 heteroatoms. The lowest BCUT2D eigenvalue weighted by atomic mass is 9.95. The average Bonchev–Trinajstić information content (AvgIpc) is 3.12. The summed E-state index contributed by atoms with van der Waals surface area (Å²) in [6, 6.07) is 14.6. The molecule has 3 aromatic rings. The Labute approximate surface area is 195 Å². The number of allylic oxidation sites excluding steroid dienone is 1. The molecule has 0 bridgehead atoms. The molecule has 0 saturated heterocycles. The van der Waals surface area contributed by atoms with Gasteiger partial charge in [0.25, 0.3) is 5.56 Å². The molecule has 2 aromatic carbocycles. The normalized spacial score (nSPS) is 15.7. The lowest BCUT2D eigenvalue weighted by molar-refractivity contribution is -0.136. The number of ether oxygens (including phenoxy) is 2. The Morgan fingerprint density at radius 3 is 2.33 bits per heavy atom. The van der Waals surface area contributed by atoms with Gasteiger partial charge in [0, 0.05) is 19.8 Å². The van der Waals surface area contributed by atoms with Crippen molar-refractivity contribution >= 4 is 29.1 Å². The number of rotatable bonds is 5. The molecule has 0 spiro atoms. The number of aromatic nitrogens is 1. The van der Waals surface area contributed by atoms with Crippen LogP contribution in [0.25, 0.3) is 6.08 Å². The van der Waals surface area contributed by atoms with Gasteiger partial charge in [-0.1, -0.05) is 35.6 Å². The zero-order valence-corrected chi connectivity index (χ0v) is 20.0. The van der Waals surface area contributed by atoms with Gasteiger partial charge in [0.05, 0.1) is 36.1 Å². The molecule has 1 unspecified atom stereocenters. The van der Waals surface area contributed by atoms with Crippen molar-refractivity contribution in [2.24, 2.45) is 4.99 Å². The molecule has 0 radical (unpaired) electrons. The van der Waals surface area contributed by atoms with E-state index in [4.69, 9.17) is 9.47 Å². The van der Waals surface area contributed by atoms with E-state index in [-0.39, 0.29) is 5.56 Å². The molecule has 0 saturated carbocycles. The quantitative estimate of drug-likeness (QED) is 0.544. The van der Waals surface area contributed by atoms with Crippen molar-refractivity contribution in [1.29, 1.82) is 0 Å². The standard InChI is InChI=1S/C25H25N3O4S/c1-15-21(24(30)32-5)22(17-8-10-18(11-9-17)27(2)3)28-23(29)20(33-25(28)26-15)14-16-6-12-19(31-4)13-7-16/h6-14,22H,1-5H3/b20-14+. The second-order valence-corrected chi connectivity index (χ2v) is 8.84. The molecule has 0 N–H and O–H groups in total. The maximum absolute atomic E-state index is 13.5. The molecule has 33 heavy (non-hydrogen) atoms. The highest BCUT2D eigenvalue weighted by Gasteiger charge is 2.33. The summed E-state index contributed by atoms with van der Waals surface area (Å²) in [5, 5.41) is 0. The maximum Gasteiger partial charge on any atom is 0.338 e. The third-order valence-corrected chi connectivity index (χ3v) is 6.55. The SMILES string of the molecule is COC(=O)C1=C(C)N=c2s/c(=C/c3ccc(OC)cc3)c(=O)n2C1c1ccc(N(C)C)cc1. The first-order valence-corrected chi connectivity index (χ1v) is 11.2. The number of benzene rings is 2. The van der Waals surface area contributed by atoms with E-state index in [2.05, 4.69) is 4.99 Å². The van der Waals surface area contributed by atoms with E-state index in [0.717, 1.165) is 22.6 Å². The highest BCUT2D eigenvalue weighted by atomic mass is 32.1. The van der Waals surface area contributed by atoms with Gasteiger partial charge < -0.3 is 14.4 Å². The fraction of sp³-hybridized carbons (Fsp3) is 0.240. The third kappa shape index (κ3) is 4.21. The van der Waals surface area contributed by atoms with Gasteiger partial charge in [-0.25, -0.2) is 9.79 Å². The van der Waals surface area contributed by atoms with Crippen molar-refractivity contribution in [3.05, 3.63) is 90.6 Å². The Morgan fingerprint density at radius 2 is 1.76 bits per heavy atom. The summed E-state index contributed by atoms with van der Waals surface area (Å²) >= 11 is 1.30. The first-order valence-electron chi connectivity index (χ1n) is 10.4. The van der Waals surface area contributed by atoms with Gasteiger partial charge in [-0.2, -0.15) is 0 Å². The number of carbonyl (C=O) groups is 1. The largest absolute Gasteiger partial charge is 0.497 e. The molecule has 1 aromatic heterocycles. The molecule has 2 heterocycles. The second kappa shape index (κ2) is 9.07. The summed E-state index contributed by atoms with van der Waals surface area (Å²) in [7, 11) is 6.87. The Bertz CT molecular complexity index is 1400. The average molecular weight is 464 g/mol. The Hall–Kier alpha value is -3.65. The van der Waals surface area contributed by atoms with Crippen molar-refractivity contribution in [3.8, 4) is 5.75 Å². The molecule has 0 aliphatic carbocycles. The van der Waals surface area contributed by atoms with Crippen molar-refractivity contribution in [2.45, 2.75) is 13.0 Å². The number of hydrogen-bond donors (Lipinski definition) is 0. The zero-order valence-electron chi connectivity index (χ0n) is 19.2. The van der Waals surface area contributed by atoms with Crippen LogP contribution in [0.4, 0.5) is 5.69 Å². The van der Waals surface area contributed by atoms with Crippen molar-refractivity contribution in [3.63, 3.8) is 0 Å². The van der Waals surface area contributed by atoms with Crippen LogP contribution in [0.5, 0.6) is 5.75 Å². The highest BCUT2D eigenvalue weighted by Crippen LogP contribution is 2.31. The predicted octanol–water partition coefficient (Wildman–Crippen LogP) is 2.48. The lowest BCUT2D eigenvalue weighted by Crippen LogP contribution is -2.39. The summed E-state index contributed by atoms with van der Waals surface area (Å²) < 4.78 is 12.4. The van der Waals surface area contributed by atoms with Crippen LogP contribution < -0.4 is 24.5 Å². The lowest BCUT2D eigenvalue weighted by Gasteiger charge is -2.25. The van der Waals surface area contributed by atoms with Crippen molar-refractivity contribution in [1.82, 2.24) is 4.57 Å². The minimum absolute atomic E-state index is 0.204. The van der Waals surface area contributed by atoms with Crippen molar-refractivity contribution < 1.29 is 14.3 Å². The molecule has 1 aliphatic heterocycles. The number of methoxy groups -OCH3 is 2. The van der Waals surface area contributed by atoms with E-state index in [1.165, 1.54) is 18.4 Å². The topological polar surface area (TPSA) is 73.1 Å². The molecule has 170 valence electrons. The number of fused-ring (bicyclic) bond motifs is 1. The van der Waals surface area contributed by atoms with Gasteiger partial charge in [-0.3, -0.25) is 9.36 Å². The number of hydrogen-bond acceptors (Lipinski definition) is 7. The predicted molar refractivity (Wildman–Crippen MR) is 130 cm³/mol. The van der Waals surface area contributed by atoms with Crippen molar-refractivity contribution in [2.75, 3.05) is 33.2 Å². The molecule has 7 nitrogen and oxygen atoms in total. The molecule has 0 fully saturated rings. The number of carbonyl (C=O) groups excluding carboxylic acids is 1. The molecule has 0 amide bonds. The minimum atomic E-state index is -0.622. The van der Waals surface area contributed by atoms with E-state index >= 15 is 0 Å². The second-order valence-electron chi connectivity index (χ2n) is 7.83. The van der Waals surface area contributed by atoms with Gasteiger partial charge in [0.1, 0.15) is 5.75 Å². The van der Waals surface area contributed by atoms with Crippen LogP contribution in [0.3, 0.4) is 0 Å². The van der Waals surface area contributed by atoms with Gasteiger partial charge in [0.15, 0.2) is 4.80 Å². The van der Waals surface area contributed by atoms with Crippen LogP contribution in [0.1, 0.15) is 24.1 Å². The summed E-state index contributed by atoms with van der Waals surface area (Å²) in [4.78, 5) is 33.4. The van der Waals surface area contributed by atoms with Crippen LogP contribution in [-0.4, -0.2) is 38.9 Å². The fourth-order valence-electron chi connectivity index (χ4n) is 3.81. The molecular formula is C25H25N3O4S. The van der Waals surface area contributed by atoms with Crippen LogP contribution in [0.2, 0.25) is 0 Å². The summed E-state index contributed by atoms with van der Waals surface area (Å²) in [6.07, 6.45) is 1.83. The molecule has 4 rings (SSSR count). The van der Waals surface area contributed by atoms with E-state index in [0.29, 0.717) is 20.6 Å². The summed E-state index contributed by atoms with van der Waals surface area (Å²) in [5.41, 5.74) is 3.40. The Kier molecular flexibility index (Phi) is 6.20. The van der Waals surface area contributed by atoms with Crippen LogP contribution in [0, 0.1) is 0 Å². The maximum atomic E-state index is 13.5. The van der Waals surface area contributed by atoms with Gasteiger partial charge in [0.2, 0.25) is 0 Å². The molecule has 1 aliphatic rings. The Morgan fingerprint density at radius 1 is 1.09 bits per heavy atom. The zero-order chi connectivity index (χ0) is 23.7. The van der Waals surface area contributed by atoms with Crippen LogP contribution in [0.15, 0.2) is 69.6 Å². The first-order chi connectivity index (χ1) is 15.8. The van der Waals surface area contributed by atoms with Gasteiger partial charge in [-0.05, 0) is 48.4 Å². The monoisotopic (exact) mass is 463 g/mol. The van der Waals surface area contributed by atoms with E-state index in [9.17, 15) is 9.59 Å². The van der Waals surface area contributed by atoms with Gasteiger partial charge >= 0.3 is 5.97 Å². The summed E-state index contributed by atoms with van der Waals surface area (Å²) in [5.74, 6) is 0.246. The number of thiazole rings is 1. The fourth-order valence-corrected chi connectivity index (χ4v) is 4.86. The van der Waals surface area contributed by atoms with E-state index in [1.807, 2.05) is 73.6 Å². The number of nitrogens with zero attached hydrogens (tertiary/aromatic N) is 3. The molecular weight excluding hydrogens is 438 g/mol. The van der Waals surface area contributed by atoms with Gasteiger partial charge in [-0.15, -0.1) is 0 Å². The minimum Gasteiger partial charge on any atom is -0.497 e.